The molecule has 2 aliphatic carbocycles. The van der Waals surface area contributed by atoms with Gasteiger partial charge in [-0.25, -0.2) is 0 Å². The highest BCUT2D eigenvalue weighted by atomic mass is 16.3. The summed E-state index contributed by atoms with van der Waals surface area (Å²) in [4.78, 5) is 2.76. The maximum atomic E-state index is 10.0. The minimum Gasteiger partial charge on any atom is -0.508 e. The van der Waals surface area contributed by atoms with Crippen molar-refractivity contribution in [3.63, 3.8) is 0 Å². The van der Waals surface area contributed by atoms with E-state index in [1.807, 2.05) is 12.1 Å². The summed E-state index contributed by atoms with van der Waals surface area (Å²) in [5, 5.41) is 10.0. The van der Waals surface area contributed by atoms with E-state index in [1.165, 1.54) is 57.2 Å². The first-order valence-corrected chi connectivity index (χ1v) is 8.33. The van der Waals surface area contributed by atoms with Crippen LogP contribution in [0.5, 0.6) is 5.75 Å². The quantitative estimate of drug-likeness (QED) is 0.885. The number of nitrogens with zero attached hydrogens (tertiary/aromatic N) is 1. The molecule has 20 heavy (non-hydrogen) atoms. The minimum atomic E-state index is 0.492. The van der Waals surface area contributed by atoms with Gasteiger partial charge in [0.05, 0.1) is 0 Å². The van der Waals surface area contributed by atoms with Crippen LogP contribution in [-0.2, 0) is 0 Å². The molecule has 1 aromatic carbocycles. The molecule has 4 rings (SSSR count). The van der Waals surface area contributed by atoms with Crippen molar-refractivity contribution in [1.29, 1.82) is 0 Å². The van der Waals surface area contributed by atoms with Gasteiger partial charge in [-0.15, -0.1) is 0 Å². The second-order valence-electron chi connectivity index (χ2n) is 7.11. The van der Waals surface area contributed by atoms with Crippen LogP contribution in [0.3, 0.4) is 0 Å². The van der Waals surface area contributed by atoms with Crippen molar-refractivity contribution in [1.82, 2.24) is 4.90 Å². The maximum Gasteiger partial charge on any atom is 0.119 e. The highest BCUT2D eigenvalue weighted by Gasteiger charge is 2.42. The van der Waals surface area contributed by atoms with E-state index in [-0.39, 0.29) is 0 Å². The van der Waals surface area contributed by atoms with Crippen molar-refractivity contribution in [2.75, 3.05) is 13.1 Å². The van der Waals surface area contributed by atoms with Crippen molar-refractivity contribution in [3.8, 4) is 5.75 Å². The van der Waals surface area contributed by atoms with E-state index in [2.05, 4.69) is 17.0 Å². The van der Waals surface area contributed by atoms with Crippen LogP contribution < -0.4 is 0 Å². The molecule has 108 valence electrons. The van der Waals surface area contributed by atoms with Gasteiger partial charge in [0.2, 0.25) is 0 Å². The van der Waals surface area contributed by atoms with E-state index >= 15 is 0 Å². The highest BCUT2D eigenvalue weighted by molar-refractivity contribution is 5.35. The summed E-state index contributed by atoms with van der Waals surface area (Å²) in [6.07, 6.45) is 8.37. The molecule has 2 bridgehead atoms. The highest BCUT2D eigenvalue weighted by Crippen LogP contribution is 2.47. The summed E-state index contributed by atoms with van der Waals surface area (Å²) < 4.78 is 0. The smallest absolute Gasteiger partial charge is 0.119 e. The number of likely N-dealkylation sites (tertiary alicyclic amines) is 1. The number of piperidine rings is 1. The summed E-state index contributed by atoms with van der Waals surface area (Å²) in [7, 11) is 0. The number of rotatable bonds is 2. The summed E-state index contributed by atoms with van der Waals surface area (Å²) in [6, 6.07) is 8.80. The summed E-state index contributed by atoms with van der Waals surface area (Å²) in [6.45, 7) is 2.46. The number of phenolic OH excluding ortho intramolecular Hbond substituents is 1. The van der Waals surface area contributed by atoms with Crippen LogP contribution in [0.1, 0.15) is 50.0 Å². The monoisotopic (exact) mass is 271 g/mol. The first kappa shape index (κ1) is 12.7. The molecule has 0 radical (unpaired) electrons. The molecule has 2 nitrogen and oxygen atoms in total. The Kier molecular flexibility index (Phi) is 3.22. The van der Waals surface area contributed by atoms with Crippen molar-refractivity contribution in [3.05, 3.63) is 29.8 Å². The van der Waals surface area contributed by atoms with E-state index in [4.69, 9.17) is 0 Å². The Labute approximate surface area is 121 Å². The van der Waals surface area contributed by atoms with Gasteiger partial charge < -0.3 is 10.0 Å². The molecule has 3 atom stereocenters. The number of para-hydroxylation sites is 1. The van der Waals surface area contributed by atoms with Crippen molar-refractivity contribution < 1.29 is 5.11 Å². The number of fused-ring (bicyclic) bond motifs is 2. The molecule has 0 unspecified atom stereocenters. The lowest BCUT2D eigenvalue weighted by Gasteiger charge is -2.39. The second-order valence-corrected chi connectivity index (χ2v) is 7.11. The van der Waals surface area contributed by atoms with Crippen molar-refractivity contribution >= 4 is 0 Å². The molecule has 2 heteroatoms. The van der Waals surface area contributed by atoms with E-state index in [1.54, 1.807) is 0 Å². The van der Waals surface area contributed by atoms with Gasteiger partial charge in [0.1, 0.15) is 5.75 Å². The predicted octanol–water partition coefficient (Wildman–Crippen LogP) is 3.76. The van der Waals surface area contributed by atoms with Crippen LogP contribution in [0.2, 0.25) is 0 Å². The zero-order chi connectivity index (χ0) is 13.5. The Morgan fingerprint density at radius 1 is 0.950 bits per heavy atom. The maximum absolute atomic E-state index is 10.0. The Bertz CT molecular complexity index is 478. The Balaban J connectivity index is 1.40. The second kappa shape index (κ2) is 5.07. The lowest BCUT2D eigenvalue weighted by molar-refractivity contribution is 0.110. The lowest BCUT2D eigenvalue weighted by Crippen LogP contribution is -2.43. The SMILES string of the molecule is Oc1ccccc1C1CCN([C@H]2C[C@H]3CC[C@H]2C3)CC1. The van der Waals surface area contributed by atoms with Gasteiger partial charge in [-0.05, 0) is 74.6 Å². The van der Waals surface area contributed by atoms with Gasteiger partial charge in [0.15, 0.2) is 0 Å². The molecule has 1 N–H and O–H groups in total. The fourth-order valence-corrected chi connectivity index (χ4v) is 5.03. The summed E-state index contributed by atoms with van der Waals surface area (Å²) in [5.74, 6) is 3.10. The van der Waals surface area contributed by atoms with Crippen LogP contribution in [0.25, 0.3) is 0 Å². The Hall–Kier alpha value is -1.02. The first-order chi connectivity index (χ1) is 9.81. The standard InChI is InChI=1S/C18H25NO/c20-18-4-2-1-3-16(18)14-7-9-19(10-8-14)17-12-13-5-6-15(17)11-13/h1-4,13-15,17,20H,5-12H2/t13-,15-,17-/m0/s1. The molecule has 1 aromatic rings. The van der Waals surface area contributed by atoms with Crippen molar-refractivity contribution in [2.24, 2.45) is 11.8 Å². The number of benzene rings is 1. The predicted molar refractivity (Wildman–Crippen MR) is 80.9 cm³/mol. The first-order valence-electron chi connectivity index (χ1n) is 8.33. The molecule has 1 saturated heterocycles. The van der Waals surface area contributed by atoms with Gasteiger partial charge in [0, 0.05) is 6.04 Å². The van der Waals surface area contributed by atoms with Gasteiger partial charge in [-0.2, -0.15) is 0 Å². The molecule has 1 aliphatic heterocycles. The van der Waals surface area contributed by atoms with E-state index in [0.717, 1.165) is 17.9 Å². The zero-order valence-corrected chi connectivity index (χ0v) is 12.2. The Morgan fingerprint density at radius 2 is 1.75 bits per heavy atom. The van der Waals surface area contributed by atoms with Crippen LogP contribution in [0, 0.1) is 11.8 Å². The van der Waals surface area contributed by atoms with Crippen LogP contribution in [0.4, 0.5) is 0 Å². The lowest BCUT2D eigenvalue weighted by atomic mass is 9.86. The van der Waals surface area contributed by atoms with E-state index in [0.29, 0.717) is 11.7 Å². The average molecular weight is 271 g/mol. The molecular formula is C18H25NO. The molecule has 3 fully saturated rings. The van der Waals surface area contributed by atoms with Crippen LogP contribution in [-0.4, -0.2) is 29.1 Å². The zero-order valence-electron chi connectivity index (χ0n) is 12.2. The van der Waals surface area contributed by atoms with Crippen LogP contribution in [0.15, 0.2) is 24.3 Å². The van der Waals surface area contributed by atoms with Gasteiger partial charge >= 0.3 is 0 Å². The minimum absolute atomic E-state index is 0.492. The normalized spacial score (nSPS) is 34.7. The largest absolute Gasteiger partial charge is 0.508 e. The van der Waals surface area contributed by atoms with E-state index < -0.39 is 0 Å². The molecule has 2 saturated carbocycles. The number of phenols is 1. The molecular weight excluding hydrogens is 246 g/mol. The molecule has 1 heterocycles. The molecule has 3 aliphatic rings. The number of hydrogen-bond donors (Lipinski definition) is 1. The third-order valence-electron chi connectivity index (χ3n) is 6.08. The van der Waals surface area contributed by atoms with Crippen LogP contribution >= 0.6 is 0 Å². The Morgan fingerprint density at radius 3 is 2.40 bits per heavy atom. The third-order valence-corrected chi connectivity index (χ3v) is 6.08. The summed E-state index contributed by atoms with van der Waals surface area (Å²) in [5.41, 5.74) is 1.17. The fraction of sp³-hybridized carbons (Fsp3) is 0.667. The number of hydrogen-bond acceptors (Lipinski definition) is 2. The van der Waals surface area contributed by atoms with Gasteiger partial charge in [0.25, 0.3) is 0 Å². The molecule has 0 spiro atoms. The van der Waals surface area contributed by atoms with E-state index in [9.17, 15) is 5.11 Å². The summed E-state index contributed by atoms with van der Waals surface area (Å²) >= 11 is 0. The average Bonchev–Trinajstić information content (AvgIpc) is 3.11. The molecule has 0 amide bonds. The topological polar surface area (TPSA) is 23.5 Å². The number of aromatic hydroxyl groups is 1. The van der Waals surface area contributed by atoms with Crippen molar-refractivity contribution in [2.45, 2.75) is 50.5 Å². The van der Waals surface area contributed by atoms with Gasteiger partial charge in [-0.3, -0.25) is 0 Å². The molecule has 0 aromatic heterocycles. The fourth-order valence-electron chi connectivity index (χ4n) is 5.03. The third kappa shape index (κ3) is 2.14. The van der Waals surface area contributed by atoms with Gasteiger partial charge in [-0.1, -0.05) is 24.6 Å².